The fourth-order valence-electron chi connectivity index (χ4n) is 6.27. The number of hydrogen-bond donors (Lipinski definition) is 3. The molecule has 1 saturated heterocycles. The molecule has 1 aliphatic heterocycles. The summed E-state index contributed by atoms with van der Waals surface area (Å²) >= 11 is 0. The van der Waals surface area contributed by atoms with Gasteiger partial charge in [-0.3, -0.25) is 9.59 Å². The summed E-state index contributed by atoms with van der Waals surface area (Å²) in [6, 6.07) is 7.11. The number of imide groups is 1. The summed E-state index contributed by atoms with van der Waals surface area (Å²) in [5.74, 6) is -5.28. The molecule has 1 heterocycles. The lowest BCUT2D eigenvalue weighted by molar-refractivity contribution is -0.143. The molecule has 1 aliphatic carbocycles. The van der Waals surface area contributed by atoms with Crippen molar-refractivity contribution in [1.29, 1.82) is 0 Å². The molecule has 0 spiro atoms. The quantitative estimate of drug-likeness (QED) is 0.160. The number of hydrogen-bond acceptors (Lipinski definition) is 5. The molecular formula is C32H33F6NO5. The molecule has 0 unspecified atom stereocenters. The molecule has 0 saturated carbocycles. The smallest absolute Gasteiger partial charge is 0.416 e. The van der Waals surface area contributed by atoms with E-state index < -0.39 is 71.4 Å². The molecule has 4 rings (SSSR count). The standard InChI is InChI=1S/C32H33F6NO5/c1-3-4-19-12-24-28(25(16-40)27(19)26(42)10-5-17(2)11-18-6-8-23(41)9-7-18)30(44)39(29(24)43)22-14-20(31(33,34)35)13-21(15-22)32(36,37)38/h6-9,11,13-15,24-26,28,40-42H,3-5,10,12,16H2,1-2H3/b17-11+/t24-,25+,26-,28-/m1/s1. The summed E-state index contributed by atoms with van der Waals surface area (Å²) in [4.78, 5) is 27.6. The predicted octanol–water partition coefficient (Wildman–Crippen LogP) is 6.89. The molecular weight excluding hydrogens is 592 g/mol. The summed E-state index contributed by atoms with van der Waals surface area (Å²) in [6.45, 7) is 3.05. The Hall–Kier alpha value is -3.64. The second-order valence-electron chi connectivity index (χ2n) is 11.3. The van der Waals surface area contributed by atoms with Crippen molar-refractivity contribution in [3.05, 3.63) is 75.9 Å². The number of halogens is 6. The Bertz CT molecular complexity index is 1430. The van der Waals surface area contributed by atoms with Gasteiger partial charge >= 0.3 is 12.4 Å². The fourth-order valence-corrected chi connectivity index (χ4v) is 6.27. The lowest BCUT2D eigenvalue weighted by Gasteiger charge is -2.36. The van der Waals surface area contributed by atoms with E-state index in [4.69, 9.17) is 0 Å². The first kappa shape index (κ1) is 33.3. The van der Waals surface area contributed by atoms with Gasteiger partial charge in [0.2, 0.25) is 11.8 Å². The van der Waals surface area contributed by atoms with Crippen molar-refractivity contribution in [1.82, 2.24) is 0 Å². The van der Waals surface area contributed by atoms with Crippen LogP contribution < -0.4 is 4.90 Å². The van der Waals surface area contributed by atoms with Crippen LogP contribution in [0.4, 0.5) is 32.0 Å². The molecule has 44 heavy (non-hydrogen) atoms. The number of phenols is 1. The molecule has 1 fully saturated rings. The zero-order chi connectivity index (χ0) is 32.6. The first-order chi connectivity index (χ1) is 20.6. The van der Waals surface area contributed by atoms with Gasteiger partial charge in [-0.1, -0.05) is 42.7 Å². The SMILES string of the molecule is CCCC1=C([C@H](O)CC/C(C)=C/c2ccc(O)cc2)[C@H](CO)[C@@H]2C(=O)N(c3cc(C(F)(F)F)cc(C(F)(F)F)c3)C(=O)[C@@H]2C1. The Kier molecular flexibility index (Phi) is 9.65. The molecule has 0 radical (unpaired) electrons. The van der Waals surface area contributed by atoms with Crippen LogP contribution in [-0.2, 0) is 21.9 Å². The van der Waals surface area contributed by atoms with Gasteiger partial charge < -0.3 is 15.3 Å². The maximum absolute atomic E-state index is 13.7. The first-order valence-corrected chi connectivity index (χ1v) is 14.2. The number of anilines is 1. The van der Waals surface area contributed by atoms with Crippen LogP contribution in [-0.4, -0.2) is 39.8 Å². The van der Waals surface area contributed by atoms with Gasteiger partial charge in [-0.25, -0.2) is 4.90 Å². The van der Waals surface area contributed by atoms with E-state index in [1.54, 1.807) is 12.1 Å². The van der Waals surface area contributed by atoms with Gasteiger partial charge in [-0.15, -0.1) is 0 Å². The number of aromatic hydroxyl groups is 1. The Morgan fingerprint density at radius 2 is 1.59 bits per heavy atom. The van der Waals surface area contributed by atoms with E-state index in [1.807, 2.05) is 19.9 Å². The number of amides is 2. The number of carbonyl (C=O) groups excluding carboxylic acids is 2. The van der Waals surface area contributed by atoms with Gasteiger partial charge in [0.25, 0.3) is 0 Å². The number of benzene rings is 2. The van der Waals surface area contributed by atoms with Crippen LogP contribution in [0.1, 0.15) is 62.6 Å². The second-order valence-corrected chi connectivity index (χ2v) is 11.3. The number of allylic oxidation sites excluding steroid dienone is 2. The van der Waals surface area contributed by atoms with E-state index in [-0.39, 0.29) is 24.7 Å². The van der Waals surface area contributed by atoms with Crippen LogP contribution in [0.2, 0.25) is 0 Å². The average Bonchev–Trinajstić information content (AvgIpc) is 3.20. The Morgan fingerprint density at radius 3 is 2.11 bits per heavy atom. The van der Waals surface area contributed by atoms with E-state index >= 15 is 0 Å². The maximum Gasteiger partial charge on any atom is 0.416 e. The zero-order valence-electron chi connectivity index (χ0n) is 24.0. The third-order valence-electron chi connectivity index (χ3n) is 8.24. The molecule has 0 aromatic heterocycles. The molecule has 2 aromatic rings. The van der Waals surface area contributed by atoms with Crippen molar-refractivity contribution < 1.29 is 51.3 Å². The molecule has 2 amide bonds. The van der Waals surface area contributed by atoms with E-state index in [0.29, 0.717) is 47.4 Å². The number of aliphatic hydroxyl groups is 2. The minimum absolute atomic E-state index is 0.0180. The summed E-state index contributed by atoms with van der Waals surface area (Å²) in [6.07, 6.45) is -8.00. The minimum Gasteiger partial charge on any atom is -0.508 e. The van der Waals surface area contributed by atoms with Crippen molar-refractivity contribution in [3.63, 3.8) is 0 Å². The number of phenolic OH excluding ortho intramolecular Hbond substituents is 1. The average molecular weight is 626 g/mol. The van der Waals surface area contributed by atoms with E-state index in [9.17, 15) is 51.3 Å². The van der Waals surface area contributed by atoms with Crippen molar-refractivity contribution in [2.45, 2.75) is 64.4 Å². The molecule has 2 aromatic carbocycles. The monoisotopic (exact) mass is 625 g/mol. The molecule has 0 bridgehead atoms. The predicted molar refractivity (Wildman–Crippen MR) is 150 cm³/mol. The normalized spacial score (nSPS) is 22.1. The van der Waals surface area contributed by atoms with Crippen LogP contribution in [0, 0.1) is 17.8 Å². The minimum atomic E-state index is -5.18. The van der Waals surface area contributed by atoms with Crippen molar-refractivity contribution in [2.75, 3.05) is 11.5 Å². The second kappa shape index (κ2) is 12.8. The summed E-state index contributed by atoms with van der Waals surface area (Å²) in [5.41, 5.74) is -1.42. The Morgan fingerprint density at radius 1 is 1.00 bits per heavy atom. The van der Waals surface area contributed by atoms with Gasteiger partial charge in [0.15, 0.2) is 0 Å². The highest BCUT2D eigenvalue weighted by molar-refractivity contribution is 6.22. The zero-order valence-corrected chi connectivity index (χ0v) is 24.0. The third kappa shape index (κ3) is 6.86. The molecule has 4 atom stereocenters. The summed E-state index contributed by atoms with van der Waals surface area (Å²) in [7, 11) is 0. The molecule has 12 heteroatoms. The molecule has 238 valence electrons. The highest BCUT2D eigenvalue weighted by Crippen LogP contribution is 2.49. The first-order valence-electron chi connectivity index (χ1n) is 14.2. The van der Waals surface area contributed by atoms with Gasteiger partial charge in [-0.2, -0.15) is 26.3 Å². The third-order valence-corrected chi connectivity index (χ3v) is 8.24. The van der Waals surface area contributed by atoms with Crippen molar-refractivity contribution in [3.8, 4) is 5.75 Å². The van der Waals surface area contributed by atoms with Crippen LogP contribution in [0.25, 0.3) is 6.08 Å². The largest absolute Gasteiger partial charge is 0.508 e. The summed E-state index contributed by atoms with van der Waals surface area (Å²) < 4.78 is 81.2. The number of fused-ring (bicyclic) bond motifs is 1. The van der Waals surface area contributed by atoms with Crippen LogP contribution in [0.15, 0.2) is 59.2 Å². The highest BCUT2D eigenvalue weighted by atomic mass is 19.4. The number of carbonyl (C=O) groups is 2. The number of rotatable bonds is 9. The van der Waals surface area contributed by atoms with E-state index in [0.717, 1.165) is 11.1 Å². The van der Waals surface area contributed by atoms with Crippen LogP contribution in [0.5, 0.6) is 5.75 Å². The topological polar surface area (TPSA) is 98.1 Å². The van der Waals surface area contributed by atoms with Crippen LogP contribution >= 0.6 is 0 Å². The number of alkyl halides is 6. The van der Waals surface area contributed by atoms with Crippen molar-refractivity contribution >= 4 is 23.6 Å². The number of aliphatic hydroxyl groups excluding tert-OH is 2. The fraction of sp³-hybridized carbons (Fsp3) is 0.438. The van der Waals surface area contributed by atoms with E-state index in [2.05, 4.69) is 0 Å². The maximum atomic E-state index is 13.7. The Balaban J connectivity index is 1.66. The van der Waals surface area contributed by atoms with Crippen LogP contribution in [0.3, 0.4) is 0 Å². The molecule has 2 aliphatic rings. The van der Waals surface area contributed by atoms with Gasteiger partial charge in [0, 0.05) is 5.92 Å². The summed E-state index contributed by atoms with van der Waals surface area (Å²) in [5, 5.41) is 31.3. The molecule has 6 nitrogen and oxygen atoms in total. The van der Waals surface area contributed by atoms with E-state index in [1.165, 1.54) is 12.1 Å². The van der Waals surface area contributed by atoms with Gasteiger partial charge in [0.1, 0.15) is 5.75 Å². The Labute approximate surface area is 250 Å². The van der Waals surface area contributed by atoms with Gasteiger partial charge in [0.05, 0.1) is 41.4 Å². The molecule has 3 N–H and O–H groups in total. The van der Waals surface area contributed by atoms with Gasteiger partial charge in [-0.05, 0) is 74.1 Å². The lowest BCUT2D eigenvalue weighted by Crippen LogP contribution is -2.39. The lowest BCUT2D eigenvalue weighted by atomic mass is 9.67. The number of nitrogens with zero attached hydrogens (tertiary/aromatic N) is 1. The highest BCUT2D eigenvalue weighted by Gasteiger charge is 2.55. The van der Waals surface area contributed by atoms with Crippen molar-refractivity contribution in [2.24, 2.45) is 17.8 Å².